The van der Waals surface area contributed by atoms with Gasteiger partial charge in [-0.3, -0.25) is 0 Å². The molecule has 10 rings (SSSR count). The molecule has 5 heteroatoms. The van der Waals surface area contributed by atoms with Crippen molar-refractivity contribution in [2.24, 2.45) is 0 Å². The molecule has 0 radical (unpaired) electrons. The Morgan fingerprint density at radius 2 is 1.43 bits per heavy atom. The molecule has 0 amide bonds. The van der Waals surface area contributed by atoms with E-state index in [1.54, 1.807) is 0 Å². The lowest BCUT2D eigenvalue weighted by Crippen LogP contribution is -2.23. The fourth-order valence-corrected chi connectivity index (χ4v) is 8.21. The largest absolute Gasteiger partial charge is 0.456 e. The fraction of sp³-hybridized carbons (Fsp3) is 0.0455. The van der Waals surface area contributed by atoms with Crippen molar-refractivity contribution in [2.75, 3.05) is 4.90 Å². The Morgan fingerprint density at radius 3 is 2.29 bits per heavy atom. The summed E-state index contributed by atoms with van der Waals surface area (Å²) in [6, 6.07) is 50.4. The number of fused-ring (bicyclic) bond motifs is 10. The minimum Gasteiger partial charge on any atom is -0.456 e. The Hall–Kier alpha value is -6.82. The fourth-order valence-electron chi connectivity index (χ4n) is 8.21. The highest BCUT2D eigenvalue weighted by Gasteiger charge is 2.44. The van der Waals surface area contributed by atoms with Gasteiger partial charge in [0, 0.05) is 44.6 Å². The number of furan rings is 1. The molecule has 1 aliphatic carbocycles. The Kier molecular flexibility index (Phi) is 5.76. The van der Waals surface area contributed by atoms with E-state index in [2.05, 4.69) is 113 Å². The SMILES string of the molecule is N#Cc1ccc2c(c1)c1ccccc1n2-c1cccc(C#N)c1-c1ccc2c(c1)C1C=Cc3oc4ccccc4c3C1N2c1ccccc1. The predicted octanol–water partition coefficient (Wildman–Crippen LogP) is 10.9. The third-order valence-electron chi connectivity index (χ3n) is 10.2. The van der Waals surface area contributed by atoms with Gasteiger partial charge in [-0.15, -0.1) is 0 Å². The van der Waals surface area contributed by atoms with Crippen molar-refractivity contribution in [3.8, 4) is 29.0 Å². The Bertz CT molecular complexity index is 2770. The van der Waals surface area contributed by atoms with Crippen LogP contribution in [-0.2, 0) is 0 Å². The van der Waals surface area contributed by atoms with Gasteiger partial charge >= 0.3 is 0 Å². The summed E-state index contributed by atoms with van der Waals surface area (Å²) in [6.07, 6.45) is 4.40. The van der Waals surface area contributed by atoms with E-state index >= 15 is 0 Å². The second kappa shape index (κ2) is 10.3. The molecule has 228 valence electrons. The van der Waals surface area contributed by atoms with Gasteiger partial charge in [0.15, 0.2) is 0 Å². The van der Waals surface area contributed by atoms with Crippen molar-refractivity contribution in [1.82, 2.24) is 4.57 Å². The first kappa shape index (κ1) is 27.3. The summed E-state index contributed by atoms with van der Waals surface area (Å²) >= 11 is 0. The maximum absolute atomic E-state index is 10.5. The first-order valence-corrected chi connectivity index (χ1v) is 16.4. The summed E-state index contributed by atoms with van der Waals surface area (Å²) < 4.78 is 8.61. The molecule has 0 spiro atoms. The van der Waals surface area contributed by atoms with E-state index in [0.717, 1.165) is 66.7 Å². The lowest BCUT2D eigenvalue weighted by Gasteiger charge is -2.31. The van der Waals surface area contributed by atoms with Crippen LogP contribution in [0.2, 0.25) is 0 Å². The van der Waals surface area contributed by atoms with Crippen LogP contribution in [0.4, 0.5) is 11.4 Å². The zero-order chi connectivity index (χ0) is 32.6. The average Bonchev–Trinajstić information content (AvgIpc) is 3.81. The molecular weight excluding hydrogens is 601 g/mol. The molecule has 0 saturated heterocycles. The van der Waals surface area contributed by atoms with Gasteiger partial charge in [0.25, 0.3) is 0 Å². The topological polar surface area (TPSA) is 68.9 Å². The zero-order valence-electron chi connectivity index (χ0n) is 26.2. The summed E-state index contributed by atoms with van der Waals surface area (Å²) in [4.78, 5) is 2.45. The van der Waals surface area contributed by atoms with Crippen molar-refractivity contribution in [3.05, 3.63) is 168 Å². The summed E-state index contributed by atoms with van der Waals surface area (Å²) in [5.74, 6) is 0.971. The van der Waals surface area contributed by atoms with E-state index in [1.807, 2.05) is 54.6 Å². The van der Waals surface area contributed by atoms with Gasteiger partial charge in [0.2, 0.25) is 0 Å². The van der Waals surface area contributed by atoms with E-state index in [-0.39, 0.29) is 12.0 Å². The molecule has 0 N–H and O–H groups in total. The number of nitrogens with zero attached hydrogens (tertiary/aromatic N) is 4. The molecule has 2 unspecified atom stereocenters. The van der Waals surface area contributed by atoms with Crippen molar-refractivity contribution in [1.29, 1.82) is 10.5 Å². The van der Waals surface area contributed by atoms with E-state index < -0.39 is 0 Å². The second-order valence-corrected chi connectivity index (χ2v) is 12.7. The quantitative estimate of drug-likeness (QED) is 0.196. The van der Waals surface area contributed by atoms with Gasteiger partial charge in [-0.25, -0.2) is 0 Å². The molecule has 0 saturated carbocycles. The summed E-state index contributed by atoms with van der Waals surface area (Å²) in [5.41, 5.74) is 11.6. The maximum atomic E-state index is 10.5. The van der Waals surface area contributed by atoms with Crippen LogP contribution in [0.3, 0.4) is 0 Å². The van der Waals surface area contributed by atoms with Crippen molar-refractivity contribution in [2.45, 2.75) is 12.0 Å². The molecule has 1 aliphatic heterocycles. The molecule has 0 fully saturated rings. The lowest BCUT2D eigenvalue weighted by atomic mass is 9.83. The minimum atomic E-state index is 0.00801. The zero-order valence-corrected chi connectivity index (χ0v) is 26.2. The molecule has 2 aliphatic rings. The molecule has 8 aromatic rings. The molecule has 3 heterocycles. The van der Waals surface area contributed by atoms with Crippen LogP contribution in [0.25, 0.3) is 55.7 Å². The highest BCUT2D eigenvalue weighted by atomic mass is 16.3. The van der Waals surface area contributed by atoms with E-state index in [4.69, 9.17) is 4.42 Å². The normalized spacial score (nSPS) is 16.0. The van der Waals surface area contributed by atoms with Crippen LogP contribution >= 0.6 is 0 Å². The highest BCUT2D eigenvalue weighted by molar-refractivity contribution is 6.10. The number of hydrogen-bond donors (Lipinski definition) is 0. The molecule has 2 atom stereocenters. The standard InChI is InChI=1S/C44H26N4O/c45-25-27-17-20-38-34(23-27)31-12-4-6-14-36(31)48(38)39-15-8-9-29(26-46)42(39)28-18-21-37-35(24-28)32-19-22-41-43(33-13-5-7-16-40(33)49-41)44(32)47(37)30-10-2-1-3-11-30/h1-24,32,44H. The van der Waals surface area contributed by atoms with Gasteiger partial charge in [-0.1, -0.05) is 72.8 Å². The molecule has 5 nitrogen and oxygen atoms in total. The highest BCUT2D eigenvalue weighted by Crippen LogP contribution is 2.58. The number of anilines is 2. The summed E-state index contributed by atoms with van der Waals surface area (Å²) in [7, 11) is 0. The average molecular weight is 627 g/mol. The van der Waals surface area contributed by atoms with Crippen LogP contribution in [0, 0.1) is 22.7 Å². The number of hydrogen-bond acceptors (Lipinski definition) is 4. The number of para-hydroxylation sites is 3. The van der Waals surface area contributed by atoms with Gasteiger partial charge in [-0.2, -0.15) is 10.5 Å². The smallest absolute Gasteiger partial charge is 0.135 e. The molecule has 2 aromatic heterocycles. The van der Waals surface area contributed by atoms with Crippen molar-refractivity contribution >= 4 is 50.2 Å². The van der Waals surface area contributed by atoms with Crippen LogP contribution in [0.15, 0.2) is 144 Å². The van der Waals surface area contributed by atoms with E-state index in [9.17, 15) is 10.5 Å². The minimum absolute atomic E-state index is 0.00801. The van der Waals surface area contributed by atoms with Crippen molar-refractivity contribution in [3.63, 3.8) is 0 Å². The van der Waals surface area contributed by atoms with Gasteiger partial charge < -0.3 is 13.9 Å². The van der Waals surface area contributed by atoms with E-state index in [0.29, 0.717) is 11.1 Å². The molecule has 6 aromatic carbocycles. The van der Waals surface area contributed by atoms with Crippen LogP contribution < -0.4 is 4.90 Å². The molecule has 0 bridgehead atoms. The van der Waals surface area contributed by atoms with Gasteiger partial charge in [-0.05, 0) is 83.9 Å². The number of benzene rings is 6. The third kappa shape index (κ3) is 3.85. The second-order valence-electron chi connectivity index (χ2n) is 12.7. The van der Waals surface area contributed by atoms with Crippen molar-refractivity contribution < 1.29 is 4.42 Å². The van der Waals surface area contributed by atoms with Crippen LogP contribution in [-0.4, -0.2) is 4.57 Å². The molecular formula is C44H26N4O. The van der Waals surface area contributed by atoms with E-state index in [1.165, 1.54) is 11.1 Å². The number of rotatable bonds is 3. The predicted molar refractivity (Wildman–Crippen MR) is 195 cm³/mol. The van der Waals surface area contributed by atoms with Gasteiger partial charge in [0.1, 0.15) is 11.3 Å². The Morgan fingerprint density at radius 1 is 0.633 bits per heavy atom. The Labute approximate surface area is 282 Å². The maximum Gasteiger partial charge on any atom is 0.135 e. The van der Waals surface area contributed by atoms with Crippen LogP contribution in [0.5, 0.6) is 0 Å². The monoisotopic (exact) mass is 626 g/mol. The first-order valence-electron chi connectivity index (χ1n) is 16.4. The summed E-state index contributed by atoms with van der Waals surface area (Å²) in [6.45, 7) is 0. The number of aromatic nitrogens is 1. The Balaban J connectivity index is 1.22. The molecule has 49 heavy (non-hydrogen) atoms. The van der Waals surface area contributed by atoms with Crippen LogP contribution in [0.1, 0.15) is 40.0 Å². The lowest BCUT2D eigenvalue weighted by molar-refractivity contribution is 0.573. The number of nitriles is 2. The first-order chi connectivity index (χ1) is 24.2. The third-order valence-corrected chi connectivity index (χ3v) is 10.2. The van der Waals surface area contributed by atoms with Gasteiger partial charge in [0.05, 0.1) is 46.0 Å². The summed E-state index contributed by atoms with van der Waals surface area (Å²) in [5, 5.41) is 23.4.